The van der Waals surface area contributed by atoms with Crippen molar-refractivity contribution >= 4 is 23.2 Å². The first-order valence-corrected chi connectivity index (χ1v) is 7.97. The molecule has 0 spiro atoms. The summed E-state index contributed by atoms with van der Waals surface area (Å²) in [4.78, 5) is 24.7. The second-order valence-corrected chi connectivity index (χ2v) is 6.02. The molecule has 0 atom stereocenters. The van der Waals surface area contributed by atoms with E-state index in [-0.39, 0.29) is 0 Å². The SMILES string of the molecule is Cc1nc(Nc2ccc(C(N)=O)cc2)cc(N2CCN(C)CC2)n1. The highest BCUT2D eigenvalue weighted by Gasteiger charge is 2.16. The van der Waals surface area contributed by atoms with Crippen LogP contribution in [0.1, 0.15) is 16.2 Å². The number of rotatable bonds is 4. The number of anilines is 3. The number of nitrogens with one attached hydrogen (secondary N) is 1. The summed E-state index contributed by atoms with van der Waals surface area (Å²) in [6.07, 6.45) is 0. The van der Waals surface area contributed by atoms with Crippen molar-refractivity contribution in [3.63, 3.8) is 0 Å². The molecule has 1 amide bonds. The Bertz CT molecular complexity index is 722. The highest BCUT2D eigenvalue weighted by Crippen LogP contribution is 2.21. The first-order chi connectivity index (χ1) is 11.5. The molecular weight excluding hydrogens is 304 g/mol. The number of aryl methyl sites for hydroxylation is 1. The van der Waals surface area contributed by atoms with Gasteiger partial charge in [-0.3, -0.25) is 4.79 Å². The van der Waals surface area contributed by atoms with Crippen LogP contribution in [0.3, 0.4) is 0 Å². The molecule has 1 aromatic heterocycles. The van der Waals surface area contributed by atoms with E-state index in [2.05, 4.69) is 32.1 Å². The van der Waals surface area contributed by atoms with Crippen LogP contribution in [0.25, 0.3) is 0 Å². The first kappa shape index (κ1) is 16.2. The molecule has 1 aliphatic heterocycles. The van der Waals surface area contributed by atoms with Crippen molar-refractivity contribution < 1.29 is 4.79 Å². The Morgan fingerprint density at radius 2 is 1.79 bits per heavy atom. The molecule has 126 valence electrons. The molecule has 1 aromatic carbocycles. The summed E-state index contributed by atoms with van der Waals surface area (Å²) in [7, 11) is 2.13. The standard InChI is InChI=1S/C17H22N6O/c1-12-19-15(21-14-5-3-13(4-6-14)17(18)24)11-16(20-12)23-9-7-22(2)8-10-23/h3-6,11H,7-10H2,1-2H3,(H2,18,24)(H,19,20,21). The van der Waals surface area contributed by atoms with Gasteiger partial charge in [0.25, 0.3) is 0 Å². The third-order valence-corrected chi connectivity index (χ3v) is 4.09. The third-order valence-electron chi connectivity index (χ3n) is 4.09. The summed E-state index contributed by atoms with van der Waals surface area (Å²) < 4.78 is 0. The van der Waals surface area contributed by atoms with E-state index < -0.39 is 5.91 Å². The van der Waals surface area contributed by atoms with Crippen molar-refractivity contribution in [3.05, 3.63) is 41.7 Å². The molecule has 2 aromatic rings. The third kappa shape index (κ3) is 3.80. The fourth-order valence-corrected chi connectivity index (χ4v) is 2.68. The fourth-order valence-electron chi connectivity index (χ4n) is 2.68. The van der Waals surface area contributed by atoms with Crippen LogP contribution in [0.2, 0.25) is 0 Å². The van der Waals surface area contributed by atoms with Gasteiger partial charge in [-0.1, -0.05) is 0 Å². The van der Waals surface area contributed by atoms with Gasteiger partial charge in [0.05, 0.1) is 0 Å². The van der Waals surface area contributed by atoms with Crippen molar-refractivity contribution in [3.8, 4) is 0 Å². The van der Waals surface area contributed by atoms with Crippen LogP contribution in [-0.4, -0.2) is 54.0 Å². The minimum absolute atomic E-state index is 0.434. The van der Waals surface area contributed by atoms with E-state index in [0.29, 0.717) is 5.56 Å². The highest BCUT2D eigenvalue weighted by molar-refractivity contribution is 5.93. The van der Waals surface area contributed by atoms with E-state index in [0.717, 1.165) is 49.3 Å². The number of hydrogen-bond donors (Lipinski definition) is 2. The number of amides is 1. The summed E-state index contributed by atoms with van der Waals surface area (Å²) in [6, 6.07) is 8.97. The van der Waals surface area contributed by atoms with Crippen LogP contribution in [0, 0.1) is 6.92 Å². The predicted octanol–water partition coefficient (Wildman–Crippen LogP) is 1.38. The lowest BCUT2D eigenvalue weighted by atomic mass is 10.2. The molecule has 0 saturated carbocycles. The second kappa shape index (κ2) is 6.84. The molecule has 3 rings (SSSR count). The van der Waals surface area contributed by atoms with Crippen molar-refractivity contribution in [2.45, 2.75) is 6.92 Å². The Morgan fingerprint density at radius 1 is 1.12 bits per heavy atom. The number of aromatic nitrogens is 2. The topological polar surface area (TPSA) is 87.4 Å². The van der Waals surface area contributed by atoms with E-state index >= 15 is 0 Å². The number of benzene rings is 1. The molecule has 7 nitrogen and oxygen atoms in total. The molecule has 0 aliphatic carbocycles. The molecule has 0 unspecified atom stereocenters. The van der Waals surface area contributed by atoms with Crippen LogP contribution >= 0.6 is 0 Å². The van der Waals surface area contributed by atoms with Crippen LogP contribution in [0.15, 0.2) is 30.3 Å². The Balaban J connectivity index is 1.77. The van der Waals surface area contributed by atoms with E-state index in [9.17, 15) is 4.79 Å². The van der Waals surface area contributed by atoms with Gasteiger partial charge < -0.3 is 20.9 Å². The molecule has 24 heavy (non-hydrogen) atoms. The lowest BCUT2D eigenvalue weighted by molar-refractivity contribution is 0.100. The smallest absolute Gasteiger partial charge is 0.248 e. The lowest BCUT2D eigenvalue weighted by Gasteiger charge is -2.33. The molecule has 0 bridgehead atoms. The summed E-state index contributed by atoms with van der Waals surface area (Å²) in [5, 5.41) is 3.26. The van der Waals surface area contributed by atoms with Gasteiger partial charge in [0.1, 0.15) is 17.5 Å². The van der Waals surface area contributed by atoms with Crippen LogP contribution < -0.4 is 16.0 Å². The Labute approximate surface area is 141 Å². The van der Waals surface area contributed by atoms with E-state index in [1.54, 1.807) is 12.1 Å². The maximum Gasteiger partial charge on any atom is 0.248 e. The highest BCUT2D eigenvalue weighted by atomic mass is 16.1. The molecule has 7 heteroatoms. The summed E-state index contributed by atoms with van der Waals surface area (Å²) in [5.74, 6) is 1.97. The van der Waals surface area contributed by atoms with Crippen molar-refractivity contribution in [2.75, 3.05) is 43.4 Å². The van der Waals surface area contributed by atoms with Crippen LogP contribution in [0.5, 0.6) is 0 Å². The van der Waals surface area contributed by atoms with Gasteiger partial charge in [-0.25, -0.2) is 9.97 Å². The summed E-state index contributed by atoms with van der Waals surface area (Å²) in [5.41, 5.74) is 6.59. The quantitative estimate of drug-likeness (QED) is 0.882. The lowest BCUT2D eigenvalue weighted by Crippen LogP contribution is -2.44. The maximum atomic E-state index is 11.1. The molecule has 1 fully saturated rings. The van der Waals surface area contributed by atoms with Gasteiger partial charge in [0.15, 0.2) is 0 Å². The van der Waals surface area contributed by atoms with E-state index in [1.165, 1.54) is 0 Å². The molecule has 1 saturated heterocycles. The predicted molar refractivity (Wildman–Crippen MR) is 94.7 cm³/mol. The van der Waals surface area contributed by atoms with Gasteiger partial charge in [-0.15, -0.1) is 0 Å². The number of hydrogen-bond acceptors (Lipinski definition) is 6. The molecule has 3 N–H and O–H groups in total. The minimum atomic E-state index is -0.434. The number of piperazine rings is 1. The van der Waals surface area contributed by atoms with Crippen LogP contribution in [0.4, 0.5) is 17.3 Å². The van der Waals surface area contributed by atoms with Gasteiger partial charge in [0, 0.05) is 43.5 Å². The normalized spacial score (nSPS) is 15.3. The number of nitrogens with zero attached hydrogens (tertiary/aromatic N) is 4. The average molecular weight is 326 g/mol. The largest absolute Gasteiger partial charge is 0.366 e. The Kier molecular flexibility index (Phi) is 4.61. The van der Waals surface area contributed by atoms with E-state index in [1.807, 2.05) is 25.1 Å². The van der Waals surface area contributed by atoms with Crippen molar-refractivity contribution in [1.29, 1.82) is 0 Å². The van der Waals surface area contributed by atoms with Crippen LogP contribution in [-0.2, 0) is 0 Å². The van der Waals surface area contributed by atoms with Gasteiger partial charge in [0.2, 0.25) is 5.91 Å². The van der Waals surface area contributed by atoms with Gasteiger partial charge in [-0.05, 0) is 38.2 Å². The number of nitrogens with two attached hydrogens (primary N) is 1. The number of carbonyl (C=O) groups is 1. The molecule has 0 radical (unpaired) electrons. The van der Waals surface area contributed by atoms with Gasteiger partial charge in [-0.2, -0.15) is 0 Å². The molecular formula is C17H22N6O. The molecule has 1 aliphatic rings. The Hall–Kier alpha value is -2.67. The average Bonchev–Trinajstić information content (AvgIpc) is 2.55. The number of carbonyl (C=O) groups excluding carboxylic acids is 1. The minimum Gasteiger partial charge on any atom is -0.366 e. The van der Waals surface area contributed by atoms with Gasteiger partial charge >= 0.3 is 0 Å². The fraction of sp³-hybridized carbons (Fsp3) is 0.353. The molecule has 2 heterocycles. The van der Waals surface area contributed by atoms with Crippen molar-refractivity contribution in [1.82, 2.24) is 14.9 Å². The Morgan fingerprint density at radius 3 is 2.42 bits per heavy atom. The number of likely N-dealkylation sites (N-methyl/N-ethyl adjacent to an activating group) is 1. The zero-order valence-electron chi connectivity index (χ0n) is 14.0. The monoisotopic (exact) mass is 326 g/mol. The van der Waals surface area contributed by atoms with Crippen molar-refractivity contribution in [2.24, 2.45) is 5.73 Å². The zero-order valence-corrected chi connectivity index (χ0v) is 14.0. The summed E-state index contributed by atoms with van der Waals surface area (Å²) in [6.45, 7) is 5.86. The maximum absolute atomic E-state index is 11.1. The van der Waals surface area contributed by atoms with E-state index in [4.69, 9.17) is 5.73 Å². The summed E-state index contributed by atoms with van der Waals surface area (Å²) >= 11 is 0. The zero-order chi connectivity index (χ0) is 17.1. The second-order valence-electron chi connectivity index (χ2n) is 6.02. The first-order valence-electron chi connectivity index (χ1n) is 7.97. The number of primary amides is 1.